The average Bonchev–Trinajstić information content (AvgIpc) is 2.69. The summed E-state index contributed by atoms with van der Waals surface area (Å²) in [6.07, 6.45) is 1.68. The second-order valence-corrected chi connectivity index (χ2v) is 6.45. The third-order valence-electron chi connectivity index (χ3n) is 3.80. The Balaban J connectivity index is 1.67. The molecule has 0 amide bonds. The van der Waals surface area contributed by atoms with Crippen molar-refractivity contribution in [2.24, 2.45) is 5.10 Å². The van der Waals surface area contributed by atoms with Crippen molar-refractivity contribution in [1.82, 2.24) is 0 Å². The summed E-state index contributed by atoms with van der Waals surface area (Å²) >= 11 is 12.3. The largest absolute Gasteiger partial charge is 0.493 e. The summed E-state index contributed by atoms with van der Waals surface area (Å²) in [6, 6.07) is 20.6. The van der Waals surface area contributed by atoms with Gasteiger partial charge in [0.05, 0.1) is 24.0 Å². The predicted octanol–water partition coefficient (Wildman–Crippen LogP) is 6.03. The van der Waals surface area contributed by atoms with Crippen LogP contribution >= 0.6 is 23.2 Å². The van der Waals surface area contributed by atoms with E-state index >= 15 is 0 Å². The quantitative estimate of drug-likeness (QED) is 0.389. The second kappa shape index (κ2) is 9.31. The van der Waals surface area contributed by atoms with Crippen LogP contribution in [-0.2, 0) is 6.61 Å². The molecule has 0 atom stereocenters. The SMILES string of the molecule is COc1cc(/C=N/Nc2ccccc2Cl)ccc1OCc1ccccc1Cl. The highest BCUT2D eigenvalue weighted by molar-refractivity contribution is 6.33. The highest BCUT2D eigenvalue weighted by Crippen LogP contribution is 2.29. The molecule has 0 aromatic heterocycles. The number of hydrogen-bond donors (Lipinski definition) is 1. The van der Waals surface area contributed by atoms with E-state index in [0.717, 1.165) is 16.8 Å². The van der Waals surface area contributed by atoms with Crippen LogP contribution in [0.1, 0.15) is 11.1 Å². The van der Waals surface area contributed by atoms with Crippen LogP contribution in [0.2, 0.25) is 10.0 Å². The van der Waals surface area contributed by atoms with Crippen LogP contribution in [0, 0.1) is 0 Å². The summed E-state index contributed by atoms with van der Waals surface area (Å²) in [5.41, 5.74) is 5.43. The lowest BCUT2D eigenvalue weighted by molar-refractivity contribution is 0.284. The molecule has 138 valence electrons. The van der Waals surface area contributed by atoms with Gasteiger partial charge in [0.15, 0.2) is 11.5 Å². The van der Waals surface area contributed by atoms with E-state index < -0.39 is 0 Å². The zero-order chi connectivity index (χ0) is 19.1. The van der Waals surface area contributed by atoms with E-state index in [1.54, 1.807) is 19.4 Å². The maximum atomic E-state index is 6.16. The molecule has 27 heavy (non-hydrogen) atoms. The molecule has 1 N–H and O–H groups in total. The van der Waals surface area contributed by atoms with Crippen LogP contribution in [0.3, 0.4) is 0 Å². The Morgan fingerprint density at radius 2 is 1.67 bits per heavy atom. The zero-order valence-electron chi connectivity index (χ0n) is 14.7. The fourth-order valence-electron chi connectivity index (χ4n) is 2.38. The van der Waals surface area contributed by atoms with Gasteiger partial charge in [0, 0.05) is 10.6 Å². The topological polar surface area (TPSA) is 42.8 Å². The van der Waals surface area contributed by atoms with Crippen molar-refractivity contribution in [2.45, 2.75) is 6.61 Å². The summed E-state index contributed by atoms with van der Waals surface area (Å²) < 4.78 is 11.3. The van der Waals surface area contributed by atoms with Crippen molar-refractivity contribution >= 4 is 35.1 Å². The number of methoxy groups -OCH3 is 1. The van der Waals surface area contributed by atoms with Crippen LogP contribution in [0.15, 0.2) is 71.8 Å². The number of hydrazone groups is 1. The minimum absolute atomic E-state index is 0.359. The van der Waals surface area contributed by atoms with Gasteiger partial charge in [-0.25, -0.2) is 0 Å². The molecule has 3 rings (SSSR count). The number of hydrogen-bond acceptors (Lipinski definition) is 4. The van der Waals surface area contributed by atoms with Crippen molar-refractivity contribution < 1.29 is 9.47 Å². The lowest BCUT2D eigenvalue weighted by Crippen LogP contribution is -1.99. The van der Waals surface area contributed by atoms with E-state index in [0.29, 0.717) is 28.2 Å². The maximum Gasteiger partial charge on any atom is 0.161 e. The third-order valence-corrected chi connectivity index (χ3v) is 4.50. The van der Waals surface area contributed by atoms with Crippen LogP contribution in [0.5, 0.6) is 11.5 Å². The first kappa shape index (κ1) is 19.1. The maximum absolute atomic E-state index is 6.16. The molecule has 3 aromatic carbocycles. The fraction of sp³-hybridized carbons (Fsp3) is 0.0952. The molecule has 0 aliphatic rings. The van der Waals surface area contributed by atoms with Crippen LogP contribution in [0.25, 0.3) is 0 Å². The molecule has 0 aliphatic heterocycles. The number of para-hydroxylation sites is 1. The van der Waals surface area contributed by atoms with E-state index in [4.69, 9.17) is 32.7 Å². The van der Waals surface area contributed by atoms with Crippen molar-refractivity contribution in [3.8, 4) is 11.5 Å². The molecule has 0 saturated heterocycles. The van der Waals surface area contributed by atoms with Crippen molar-refractivity contribution in [1.29, 1.82) is 0 Å². The molecule has 6 heteroatoms. The molecule has 4 nitrogen and oxygen atoms in total. The lowest BCUT2D eigenvalue weighted by Gasteiger charge is -2.12. The van der Waals surface area contributed by atoms with Crippen LogP contribution in [0.4, 0.5) is 5.69 Å². The molecule has 0 unspecified atom stereocenters. The Bertz CT molecular complexity index is 945. The van der Waals surface area contributed by atoms with Crippen molar-refractivity contribution in [2.75, 3.05) is 12.5 Å². The van der Waals surface area contributed by atoms with E-state index in [-0.39, 0.29) is 0 Å². The van der Waals surface area contributed by atoms with Crippen LogP contribution < -0.4 is 14.9 Å². The Morgan fingerprint density at radius 1 is 0.926 bits per heavy atom. The number of rotatable bonds is 7. The predicted molar refractivity (Wildman–Crippen MR) is 111 cm³/mol. The van der Waals surface area contributed by atoms with E-state index in [1.807, 2.05) is 60.7 Å². The molecule has 0 radical (unpaired) electrons. The number of halogens is 2. The number of benzene rings is 3. The minimum Gasteiger partial charge on any atom is -0.493 e. The van der Waals surface area contributed by atoms with Crippen molar-refractivity contribution in [3.63, 3.8) is 0 Å². The lowest BCUT2D eigenvalue weighted by atomic mass is 10.2. The molecule has 0 fully saturated rings. The molecule has 0 spiro atoms. The fourth-order valence-corrected chi connectivity index (χ4v) is 2.75. The number of nitrogens with zero attached hydrogens (tertiary/aromatic N) is 1. The second-order valence-electron chi connectivity index (χ2n) is 5.64. The van der Waals surface area contributed by atoms with Crippen molar-refractivity contribution in [3.05, 3.63) is 87.9 Å². The Kier molecular flexibility index (Phi) is 6.58. The summed E-state index contributed by atoms with van der Waals surface area (Å²) in [5, 5.41) is 5.49. The number of ether oxygens (including phenoxy) is 2. The van der Waals surface area contributed by atoms with E-state index in [2.05, 4.69) is 10.5 Å². The molecule has 0 bridgehead atoms. The Hall–Kier alpha value is -2.69. The van der Waals surface area contributed by atoms with Gasteiger partial charge >= 0.3 is 0 Å². The Labute approximate surface area is 168 Å². The normalized spacial score (nSPS) is 10.8. The first-order valence-electron chi connectivity index (χ1n) is 8.25. The summed E-state index contributed by atoms with van der Waals surface area (Å²) in [7, 11) is 1.60. The molecular weight excluding hydrogens is 383 g/mol. The van der Waals surface area contributed by atoms with Gasteiger partial charge in [-0.2, -0.15) is 5.10 Å². The van der Waals surface area contributed by atoms with Gasteiger partial charge in [0.2, 0.25) is 0 Å². The minimum atomic E-state index is 0.359. The summed E-state index contributed by atoms with van der Waals surface area (Å²) in [4.78, 5) is 0. The molecule has 0 aliphatic carbocycles. The van der Waals surface area contributed by atoms with Gasteiger partial charge < -0.3 is 9.47 Å². The van der Waals surface area contributed by atoms with Gasteiger partial charge in [-0.1, -0.05) is 53.5 Å². The first-order valence-corrected chi connectivity index (χ1v) is 9.01. The number of anilines is 1. The molecular formula is C21H18Cl2N2O2. The van der Waals surface area contributed by atoms with Gasteiger partial charge in [0.1, 0.15) is 6.61 Å². The number of nitrogens with one attached hydrogen (secondary N) is 1. The van der Waals surface area contributed by atoms with Gasteiger partial charge in [-0.05, 0) is 42.0 Å². The highest BCUT2D eigenvalue weighted by atomic mass is 35.5. The van der Waals surface area contributed by atoms with Gasteiger partial charge in [-0.15, -0.1) is 0 Å². The van der Waals surface area contributed by atoms with E-state index in [9.17, 15) is 0 Å². The third kappa shape index (κ3) is 5.16. The molecule has 0 saturated carbocycles. The smallest absolute Gasteiger partial charge is 0.161 e. The standard InChI is InChI=1S/C21H18Cl2N2O2/c1-26-21-12-15(13-24-25-19-9-5-4-8-18(19)23)10-11-20(21)27-14-16-6-2-3-7-17(16)22/h2-13,25H,14H2,1H3/b24-13+. The Morgan fingerprint density at radius 3 is 2.41 bits per heavy atom. The average molecular weight is 401 g/mol. The first-order chi connectivity index (χ1) is 13.2. The summed E-state index contributed by atoms with van der Waals surface area (Å²) in [5.74, 6) is 1.25. The van der Waals surface area contributed by atoms with Gasteiger partial charge in [0.25, 0.3) is 0 Å². The monoisotopic (exact) mass is 400 g/mol. The zero-order valence-corrected chi connectivity index (χ0v) is 16.2. The summed E-state index contributed by atoms with van der Waals surface area (Å²) in [6.45, 7) is 0.359. The van der Waals surface area contributed by atoms with Gasteiger partial charge in [-0.3, -0.25) is 5.43 Å². The van der Waals surface area contributed by atoms with Crippen LogP contribution in [-0.4, -0.2) is 13.3 Å². The highest BCUT2D eigenvalue weighted by Gasteiger charge is 2.07. The molecule has 0 heterocycles. The van der Waals surface area contributed by atoms with E-state index in [1.165, 1.54) is 0 Å². The molecule has 3 aromatic rings.